The molecule has 4 heteroatoms. The average Bonchev–Trinajstić information content (AvgIpc) is 2.62. The van der Waals surface area contributed by atoms with Gasteiger partial charge in [0.1, 0.15) is 0 Å². The normalized spacial score (nSPS) is 15.2. The Hall–Kier alpha value is -2.33. The lowest BCUT2D eigenvalue weighted by atomic mass is 10.1. The van der Waals surface area contributed by atoms with Gasteiger partial charge in [-0.15, -0.1) is 0 Å². The molecule has 0 saturated carbocycles. The summed E-state index contributed by atoms with van der Waals surface area (Å²) in [7, 11) is 0. The van der Waals surface area contributed by atoms with Gasteiger partial charge >= 0.3 is 6.03 Å². The van der Waals surface area contributed by atoms with Gasteiger partial charge in [-0.05, 0) is 25.0 Å². The number of carbonyl (C=O) groups excluding carboxylic acids is 1. The molecular formula is C21H27N3O. The number of urea groups is 1. The van der Waals surface area contributed by atoms with Crippen molar-refractivity contribution in [2.45, 2.75) is 26.9 Å². The molecule has 0 spiro atoms. The van der Waals surface area contributed by atoms with Crippen LogP contribution in [0.1, 0.15) is 22.3 Å². The van der Waals surface area contributed by atoms with E-state index >= 15 is 0 Å². The van der Waals surface area contributed by atoms with E-state index in [-0.39, 0.29) is 6.03 Å². The van der Waals surface area contributed by atoms with Crippen molar-refractivity contribution >= 4 is 6.03 Å². The van der Waals surface area contributed by atoms with Crippen LogP contribution >= 0.6 is 0 Å². The zero-order valence-corrected chi connectivity index (χ0v) is 15.2. The molecular weight excluding hydrogens is 310 g/mol. The Kier molecular flexibility index (Phi) is 5.71. The maximum absolute atomic E-state index is 12.3. The molecule has 0 unspecified atom stereocenters. The van der Waals surface area contributed by atoms with Gasteiger partial charge in [-0.25, -0.2) is 4.79 Å². The van der Waals surface area contributed by atoms with E-state index in [1.807, 2.05) is 4.90 Å². The predicted octanol–water partition coefficient (Wildman–Crippen LogP) is 3.33. The first-order valence-electron chi connectivity index (χ1n) is 8.96. The third kappa shape index (κ3) is 5.07. The van der Waals surface area contributed by atoms with Crippen molar-refractivity contribution in [3.05, 3.63) is 70.8 Å². The van der Waals surface area contributed by atoms with Gasteiger partial charge in [0.05, 0.1) is 0 Å². The molecule has 2 aromatic rings. The Morgan fingerprint density at radius 1 is 0.920 bits per heavy atom. The van der Waals surface area contributed by atoms with Crippen LogP contribution in [0.2, 0.25) is 0 Å². The van der Waals surface area contributed by atoms with Crippen molar-refractivity contribution in [1.29, 1.82) is 0 Å². The van der Waals surface area contributed by atoms with Crippen molar-refractivity contribution < 1.29 is 4.79 Å². The number of nitrogens with zero attached hydrogens (tertiary/aromatic N) is 2. The van der Waals surface area contributed by atoms with Gasteiger partial charge in [-0.3, -0.25) is 4.90 Å². The Bertz CT molecular complexity index is 703. The number of piperazine rings is 1. The van der Waals surface area contributed by atoms with Gasteiger partial charge in [0.2, 0.25) is 0 Å². The molecule has 25 heavy (non-hydrogen) atoms. The molecule has 0 atom stereocenters. The summed E-state index contributed by atoms with van der Waals surface area (Å²) in [5.74, 6) is 0. The monoisotopic (exact) mass is 337 g/mol. The second-order valence-electron chi connectivity index (χ2n) is 6.90. The third-order valence-corrected chi connectivity index (χ3v) is 4.71. The molecule has 2 amide bonds. The van der Waals surface area contributed by atoms with Crippen LogP contribution in [0.5, 0.6) is 0 Å². The van der Waals surface area contributed by atoms with Gasteiger partial charge < -0.3 is 10.2 Å². The number of hydrogen-bond acceptors (Lipinski definition) is 2. The molecule has 1 aliphatic rings. The Labute approximate surface area is 150 Å². The molecule has 0 radical (unpaired) electrons. The van der Waals surface area contributed by atoms with Crippen molar-refractivity contribution in [3.63, 3.8) is 0 Å². The van der Waals surface area contributed by atoms with Gasteiger partial charge in [0.15, 0.2) is 0 Å². The molecule has 1 saturated heterocycles. The summed E-state index contributed by atoms with van der Waals surface area (Å²) in [6.45, 7) is 9.15. The van der Waals surface area contributed by atoms with Crippen LogP contribution in [0.4, 0.5) is 4.79 Å². The molecule has 132 valence electrons. The van der Waals surface area contributed by atoms with Gasteiger partial charge in [-0.2, -0.15) is 0 Å². The van der Waals surface area contributed by atoms with E-state index in [0.717, 1.165) is 38.3 Å². The molecule has 1 aliphatic heterocycles. The lowest BCUT2D eigenvalue weighted by molar-refractivity contribution is 0.135. The van der Waals surface area contributed by atoms with E-state index in [1.165, 1.54) is 16.7 Å². The number of benzene rings is 2. The summed E-state index contributed by atoms with van der Waals surface area (Å²) in [6, 6.07) is 17.0. The van der Waals surface area contributed by atoms with Crippen LogP contribution in [-0.2, 0) is 13.1 Å². The minimum Gasteiger partial charge on any atom is -0.334 e. The first-order chi connectivity index (χ1) is 12.1. The molecule has 0 bridgehead atoms. The van der Waals surface area contributed by atoms with Crippen LogP contribution in [0.15, 0.2) is 48.5 Å². The van der Waals surface area contributed by atoms with Crippen molar-refractivity contribution in [3.8, 4) is 0 Å². The Morgan fingerprint density at radius 2 is 1.64 bits per heavy atom. The minimum atomic E-state index is 0.0378. The van der Waals surface area contributed by atoms with Gasteiger partial charge in [0, 0.05) is 39.3 Å². The standard InChI is InChI=1S/C21H27N3O/c1-17-6-8-19(9-7-17)15-22-21(25)24-12-10-23(11-13-24)16-20-5-3-4-18(2)14-20/h3-9,14H,10-13,15-16H2,1-2H3,(H,22,25). The summed E-state index contributed by atoms with van der Waals surface area (Å²) < 4.78 is 0. The van der Waals surface area contributed by atoms with Gasteiger partial charge in [0.25, 0.3) is 0 Å². The van der Waals surface area contributed by atoms with E-state index in [0.29, 0.717) is 6.54 Å². The van der Waals surface area contributed by atoms with Crippen molar-refractivity contribution in [2.75, 3.05) is 26.2 Å². The molecule has 0 aromatic heterocycles. The largest absolute Gasteiger partial charge is 0.334 e. The zero-order valence-electron chi connectivity index (χ0n) is 15.2. The highest BCUT2D eigenvalue weighted by Gasteiger charge is 2.20. The molecule has 1 N–H and O–H groups in total. The summed E-state index contributed by atoms with van der Waals surface area (Å²) in [5.41, 5.74) is 5.01. The van der Waals surface area contributed by atoms with Crippen LogP contribution in [-0.4, -0.2) is 42.0 Å². The number of amides is 2. The number of carbonyl (C=O) groups is 1. The lowest BCUT2D eigenvalue weighted by Gasteiger charge is -2.34. The average molecular weight is 337 g/mol. The maximum Gasteiger partial charge on any atom is 0.317 e. The smallest absolute Gasteiger partial charge is 0.317 e. The van der Waals surface area contributed by atoms with E-state index in [2.05, 4.69) is 72.6 Å². The Balaban J connectivity index is 1.43. The number of aryl methyl sites for hydroxylation is 2. The predicted molar refractivity (Wildman–Crippen MR) is 101 cm³/mol. The molecule has 3 rings (SSSR count). The highest BCUT2D eigenvalue weighted by Crippen LogP contribution is 2.11. The number of nitrogens with one attached hydrogen (secondary N) is 1. The van der Waals surface area contributed by atoms with Gasteiger partial charge in [-0.1, -0.05) is 59.7 Å². The van der Waals surface area contributed by atoms with Crippen LogP contribution < -0.4 is 5.32 Å². The maximum atomic E-state index is 12.3. The number of hydrogen-bond donors (Lipinski definition) is 1. The highest BCUT2D eigenvalue weighted by atomic mass is 16.2. The van der Waals surface area contributed by atoms with Crippen LogP contribution in [0, 0.1) is 13.8 Å². The fourth-order valence-corrected chi connectivity index (χ4v) is 3.17. The quantitative estimate of drug-likeness (QED) is 0.929. The fraction of sp³-hybridized carbons (Fsp3) is 0.381. The Morgan fingerprint density at radius 3 is 2.32 bits per heavy atom. The summed E-state index contributed by atoms with van der Waals surface area (Å²) in [5, 5.41) is 3.03. The van der Waals surface area contributed by atoms with Crippen molar-refractivity contribution in [2.24, 2.45) is 0 Å². The highest BCUT2D eigenvalue weighted by molar-refractivity contribution is 5.74. The zero-order chi connectivity index (χ0) is 17.6. The topological polar surface area (TPSA) is 35.6 Å². The lowest BCUT2D eigenvalue weighted by Crippen LogP contribution is -2.51. The summed E-state index contributed by atoms with van der Waals surface area (Å²) in [4.78, 5) is 16.7. The van der Waals surface area contributed by atoms with Crippen LogP contribution in [0.3, 0.4) is 0 Å². The van der Waals surface area contributed by atoms with E-state index in [4.69, 9.17) is 0 Å². The molecule has 1 heterocycles. The molecule has 2 aromatic carbocycles. The first-order valence-corrected chi connectivity index (χ1v) is 8.96. The van der Waals surface area contributed by atoms with E-state index in [1.54, 1.807) is 0 Å². The SMILES string of the molecule is Cc1ccc(CNC(=O)N2CCN(Cc3cccc(C)c3)CC2)cc1. The molecule has 4 nitrogen and oxygen atoms in total. The summed E-state index contributed by atoms with van der Waals surface area (Å²) in [6.07, 6.45) is 0. The van der Waals surface area contributed by atoms with E-state index < -0.39 is 0 Å². The first kappa shape index (κ1) is 17.5. The molecule has 0 aliphatic carbocycles. The minimum absolute atomic E-state index is 0.0378. The molecule has 1 fully saturated rings. The third-order valence-electron chi connectivity index (χ3n) is 4.71. The fourth-order valence-electron chi connectivity index (χ4n) is 3.17. The second kappa shape index (κ2) is 8.17. The number of rotatable bonds is 4. The summed E-state index contributed by atoms with van der Waals surface area (Å²) >= 11 is 0. The van der Waals surface area contributed by atoms with Crippen LogP contribution in [0.25, 0.3) is 0 Å². The second-order valence-corrected chi connectivity index (χ2v) is 6.90. The van der Waals surface area contributed by atoms with E-state index in [9.17, 15) is 4.79 Å². The van der Waals surface area contributed by atoms with Crippen molar-refractivity contribution in [1.82, 2.24) is 15.1 Å².